The first-order valence-corrected chi connectivity index (χ1v) is 8.48. The van der Waals surface area contributed by atoms with Gasteiger partial charge >= 0.3 is 0 Å². The van der Waals surface area contributed by atoms with E-state index in [0.717, 1.165) is 18.5 Å². The van der Waals surface area contributed by atoms with Crippen molar-refractivity contribution in [2.75, 3.05) is 6.54 Å². The van der Waals surface area contributed by atoms with E-state index in [4.69, 9.17) is 0 Å². The number of amides is 1. The summed E-state index contributed by atoms with van der Waals surface area (Å²) < 4.78 is 0. The van der Waals surface area contributed by atoms with Crippen LogP contribution in [0.3, 0.4) is 0 Å². The van der Waals surface area contributed by atoms with Crippen molar-refractivity contribution in [3.8, 4) is 0 Å². The van der Waals surface area contributed by atoms with Gasteiger partial charge in [0.15, 0.2) is 0 Å². The Morgan fingerprint density at radius 1 is 1.04 bits per heavy atom. The van der Waals surface area contributed by atoms with E-state index in [1.54, 1.807) is 6.20 Å². The number of fused-ring (bicyclic) bond motifs is 1. The van der Waals surface area contributed by atoms with Crippen LogP contribution < -0.4 is 5.32 Å². The number of aromatic nitrogens is 1. The van der Waals surface area contributed by atoms with Gasteiger partial charge in [-0.3, -0.25) is 9.78 Å². The summed E-state index contributed by atoms with van der Waals surface area (Å²) in [4.78, 5) is 16.7. The topological polar surface area (TPSA) is 42.0 Å². The quantitative estimate of drug-likeness (QED) is 0.780. The van der Waals surface area contributed by atoms with Crippen LogP contribution in [0.2, 0.25) is 0 Å². The van der Waals surface area contributed by atoms with E-state index in [9.17, 15) is 4.79 Å². The van der Waals surface area contributed by atoms with Crippen LogP contribution in [0.4, 0.5) is 0 Å². The first-order chi connectivity index (χ1) is 11.8. The van der Waals surface area contributed by atoms with Gasteiger partial charge in [0.1, 0.15) is 0 Å². The van der Waals surface area contributed by atoms with E-state index in [0.29, 0.717) is 12.5 Å². The largest absolute Gasteiger partial charge is 0.355 e. The molecule has 1 N–H and O–H groups in total. The first kappa shape index (κ1) is 14.9. The van der Waals surface area contributed by atoms with Crippen molar-refractivity contribution in [2.45, 2.75) is 18.8 Å². The van der Waals surface area contributed by atoms with Gasteiger partial charge in [0.2, 0.25) is 5.91 Å². The predicted molar refractivity (Wildman–Crippen MR) is 95.7 cm³/mol. The summed E-state index contributed by atoms with van der Waals surface area (Å²) in [6, 6.07) is 20.6. The maximum absolute atomic E-state index is 12.4. The molecule has 0 unspecified atom stereocenters. The molecule has 1 aromatic heterocycles. The zero-order valence-corrected chi connectivity index (χ0v) is 13.5. The highest BCUT2D eigenvalue weighted by Gasteiger charge is 2.44. The molecule has 2 atom stereocenters. The highest BCUT2D eigenvalue weighted by molar-refractivity contribution is 5.89. The molecule has 1 saturated carbocycles. The molecule has 0 saturated heterocycles. The van der Waals surface area contributed by atoms with Crippen LogP contribution in [0.1, 0.15) is 23.6 Å². The molecule has 0 spiro atoms. The molecule has 1 aliphatic rings. The van der Waals surface area contributed by atoms with Gasteiger partial charge in [-0.25, -0.2) is 0 Å². The summed E-state index contributed by atoms with van der Waals surface area (Å²) in [6.45, 7) is 0.647. The molecule has 4 rings (SSSR count). The average molecular weight is 316 g/mol. The van der Waals surface area contributed by atoms with Gasteiger partial charge < -0.3 is 5.32 Å². The molecule has 3 nitrogen and oxygen atoms in total. The van der Waals surface area contributed by atoms with Crippen LogP contribution in [0.5, 0.6) is 0 Å². The third-order valence-electron chi connectivity index (χ3n) is 4.76. The number of benzene rings is 2. The summed E-state index contributed by atoms with van der Waals surface area (Å²) in [6.07, 6.45) is 3.51. The minimum Gasteiger partial charge on any atom is -0.355 e. The molecular weight excluding hydrogens is 296 g/mol. The summed E-state index contributed by atoms with van der Waals surface area (Å²) in [5.41, 5.74) is 2.32. The standard InChI is InChI=1S/C21H20N2O/c24-21(23-13-11-16-8-3-4-12-22-16)20-14-19(20)18-10-5-7-15-6-1-2-9-17(15)18/h1-10,12,19-20H,11,13-14H2,(H,23,24)/t19-,20+/m1/s1. The summed E-state index contributed by atoms with van der Waals surface area (Å²) in [5, 5.41) is 5.58. The molecule has 24 heavy (non-hydrogen) atoms. The Kier molecular flexibility index (Phi) is 3.99. The zero-order valence-electron chi connectivity index (χ0n) is 13.5. The lowest BCUT2D eigenvalue weighted by Gasteiger charge is -2.07. The van der Waals surface area contributed by atoms with Crippen LogP contribution in [-0.2, 0) is 11.2 Å². The van der Waals surface area contributed by atoms with Gasteiger partial charge in [0.25, 0.3) is 0 Å². The van der Waals surface area contributed by atoms with Crippen LogP contribution in [0.15, 0.2) is 66.9 Å². The van der Waals surface area contributed by atoms with Crippen molar-refractivity contribution < 1.29 is 4.79 Å². The molecule has 3 aromatic rings. The number of rotatable bonds is 5. The van der Waals surface area contributed by atoms with E-state index in [-0.39, 0.29) is 11.8 Å². The van der Waals surface area contributed by atoms with Gasteiger partial charge in [-0.05, 0) is 40.8 Å². The minimum absolute atomic E-state index is 0.111. The number of carbonyl (C=O) groups excluding carboxylic acids is 1. The molecule has 0 aliphatic heterocycles. The van der Waals surface area contributed by atoms with Gasteiger partial charge in [-0.1, -0.05) is 48.5 Å². The smallest absolute Gasteiger partial charge is 0.223 e. The second kappa shape index (κ2) is 6.44. The highest BCUT2D eigenvalue weighted by atomic mass is 16.2. The molecule has 1 fully saturated rings. The number of hydrogen-bond acceptors (Lipinski definition) is 2. The van der Waals surface area contributed by atoms with Gasteiger partial charge in [-0.15, -0.1) is 0 Å². The summed E-state index contributed by atoms with van der Waals surface area (Å²) in [7, 11) is 0. The number of carbonyl (C=O) groups is 1. The first-order valence-electron chi connectivity index (χ1n) is 8.48. The van der Waals surface area contributed by atoms with Gasteiger partial charge in [0, 0.05) is 30.8 Å². The van der Waals surface area contributed by atoms with E-state index >= 15 is 0 Å². The highest BCUT2D eigenvalue weighted by Crippen LogP contribution is 2.49. The molecule has 3 heteroatoms. The normalized spacial score (nSPS) is 19.2. The lowest BCUT2D eigenvalue weighted by atomic mass is 10.00. The Balaban J connectivity index is 1.38. The second-order valence-corrected chi connectivity index (χ2v) is 6.38. The van der Waals surface area contributed by atoms with E-state index in [1.807, 2.05) is 18.2 Å². The maximum atomic E-state index is 12.4. The molecule has 0 bridgehead atoms. The van der Waals surface area contributed by atoms with E-state index < -0.39 is 0 Å². The van der Waals surface area contributed by atoms with Crippen LogP contribution >= 0.6 is 0 Å². The Labute approximate surface area is 141 Å². The van der Waals surface area contributed by atoms with Crippen LogP contribution in [-0.4, -0.2) is 17.4 Å². The predicted octanol–water partition coefficient (Wildman–Crippen LogP) is 3.70. The molecule has 1 amide bonds. The fourth-order valence-electron chi connectivity index (χ4n) is 3.39. The van der Waals surface area contributed by atoms with Crippen LogP contribution in [0, 0.1) is 5.92 Å². The van der Waals surface area contributed by atoms with E-state index in [2.05, 4.69) is 52.8 Å². The Morgan fingerprint density at radius 2 is 1.88 bits per heavy atom. The molecule has 2 aromatic carbocycles. The van der Waals surface area contributed by atoms with Gasteiger partial charge in [0.05, 0.1) is 0 Å². The summed E-state index contributed by atoms with van der Waals surface area (Å²) in [5.74, 6) is 0.634. The zero-order chi connectivity index (χ0) is 16.4. The lowest BCUT2D eigenvalue weighted by molar-refractivity contribution is -0.122. The van der Waals surface area contributed by atoms with Crippen molar-refractivity contribution in [1.29, 1.82) is 0 Å². The van der Waals surface area contributed by atoms with Crippen molar-refractivity contribution in [3.05, 3.63) is 78.1 Å². The number of nitrogens with one attached hydrogen (secondary N) is 1. The number of pyridine rings is 1. The molecule has 0 radical (unpaired) electrons. The molecular formula is C21H20N2O. The third kappa shape index (κ3) is 3.02. The van der Waals surface area contributed by atoms with E-state index in [1.165, 1.54) is 16.3 Å². The Hall–Kier alpha value is -2.68. The Morgan fingerprint density at radius 3 is 2.75 bits per heavy atom. The molecule has 1 heterocycles. The van der Waals surface area contributed by atoms with Crippen LogP contribution in [0.25, 0.3) is 10.8 Å². The third-order valence-corrected chi connectivity index (χ3v) is 4.76. The molecule has 120 valence electrons. The van der Waals surface area contributed by atoms with Gasteiger partial charge in [-0.2, -0.15) is 0 Å². The lowest BCUT2D eigenvalue weighted by Crippen LogP contribution is -2.27. The minimum atomic E-state index is 0.111. The van der Waals surface area contributed by atoms with Crippen molar-refractivity contribution >= 4 is 16.7 Å². The fourth-order valence-corrected chi connectivity index (χ4v) is 3.39. The maximum Gasteiger partial charge on any atom is 0.223 e. The fraction of sp³-hybridized carbons (Fsp3) is 0.238. The number of hydrogen-bond donors (Lipinski definition) is 1. The molecule has 1 aliphatic carbocycles. The monoisotopic (exact) mass is 316 g/mol. The Bertz CT molecular complexity index is 855. The average Bonchev–Trinajstić information content (AvgIpc) is 3.43. The van der Waals surface area contributed by atoms with Crippen molar-refractivity contribution in [3.63, 3.8) is 0 Å². The summed E-state index contributed by atoms with van der Waals surface area (Å²) >= 11 is 0. The number of nitrogens with zero attached hydrogens (tertiary/aromatic N) is 1. The SMILES string of the molecule is O=C(NCCc1ccccn1)[C@H]1C[C@@H]1c1cccc2ccccc12. The second-order valence-electron chi connectivity index (χ2n) is 6.38. The van der Waals surface area contributed by atoms with Crippen molar-refractivity contribution in [1.82, 2.24) is 10.3 Å². The van der Waals surface area contributed by atoms with Crippen molar-refractivity contribution in [2.24, 2.45) is 5.92 Å².